The summed E-state index contributed by atoms with van der Waals surface area (Å²) in [6, 6.07) is 10.0. The molecule has 0 aliphatic heterocycles. The minimum Gasteiger partial charge on any atom is -0.491 e. The highest BCUT2D eigenvalue weighted by Gasteiger charge is 2.26. The Hall–Kier alpha value is -2.12. The van der Waals surface area contributed by atoms with E-state index >= 15 is 0 Å². The number of benzene rings is 1. The summed E-state index contributed by atoms with van der Waals surface area (Å²) < 4.78 is 13.5. The van der Waals surface area contributed by atoms with E-state index in [0.29, 0.717) is 18.2 Å². The molecule has 0 spiro atoms. The largest absolute Gasteiger partial charge is 0.491 e. The molecule has 0 fully saturated rings. The van der Waals surface area contributed by atoms with Gasteiger partial charge in [0.2, 0.25) is 0 Å². The topological polar surface area (TPSA) is 79.4 Å². The van der Waals surface area contributed by atoms with Crippen molar-refractivity contribution in [1.29, 1.82) is 0 Å². The monoisotopic (exact) mass is 375 g/mol. The molecule has 2 N–H and O–H groups in total. The summed E-state index contributed by atoms with van der Waals surface area (Å²) in [6.45, 7) is 11.5. The van der Waals surface area contributed by atoms with Gasteiger partial charge >= 0.3 is 5.69 Å². The third-order valence-corrected chi connectivity index (χ3v) is 6.68. The minimum atomic E-state index is -1.67. The van der Waals surface area contributed by atoms with E-state index in [4.69, 9.17) is 14.9 Å². The molecule has 142 valence electrons. The van der Waals surface area contributed by atoms with Crippen LogP contribution in [0.3, 0.4) is 0 Å². The molecule has 2 rings (SSSR count). The highest BCUT2D eigenvalue weighted by atomic mass is 28.4. The smallest absolute Gasteiger partial charge is 0.354 e. The molecule has 0 aliphatic carbocycles. The molecule has 0 saturated carbocycles. The van der Waals surface area contributed by atoms with Gasteiger partial charge in [0.15, 0.2) is 8.32 Å². The number of anilines is 1. The third kappa shape index (κ3) is 6.00. The lowest BCUT2D eigenvalue weighted by atomic mass is 10.3. The van der Waals surface area contributed by atoms with Gasteiger partial charge in [0, 0.05) is 6.20 Å². The molecular formula is C19H29N3O3Si. The predicted molar refractivity (Wildman–Crippen MR) is 107 cm³/mol. The van der Waals surface area contributed by atoms with Crippen molar-refractivity contribution in [2.45, 2.75) is 46.0 Å². The van der Waals surface area contributed by atoms with Crippen LogP contribution in [0, 0.1) is 5.92 Å². The maximum absolute atomic E-state index is 11.9. The normalized spacial score (nSPS) is 13.0. The Kier molecular flexibility index (Phi) is 6.61. The zero-order valence-corrected chi connectivity index (χ0v) is 17.2. The Morgan fingerprint density at radius 3 is 2.38 bits per heavy atom. The first-order chi connectivity index (χ1) is 12.2. The highest BCUT2D eigenvalue weighted by Crippen LogP contribution is 2.20. The third-order valence-electron chi connectivity index (χ3n) is 3.84. The number of aromatic nitrogens is 2. The van der Waals surface area contributed by atoms with Crippen molar-refractivity contribution in [3.8, 4) is 11.4 Å². The van der Waals surface area contributed by atoms with E-state index < -0.39 is 14.0 Å². The molecule has 26 heavy (non-hydrogen) atoms. The molecule has 6 nitrogen and oxygen atoms in total. The first-order valence-corrected chi connectivity index (χ1v) is 12.0. The second kappa shape index (κ2) is 8.51. The fourth-order valence-electron chi connectivity index (χ4n) is 3.14. The number of rotatable bonds is 8. The van der Waals surface area contributed by atoms with Crippen LogP contribution in [0.15, 0.2) is 41.3 Å². The van der Waals surface area contributed by atoms with E-state index in [9.17, 15) is 4.79 Å². The summed E-state index contributed by atoms with van der Waals surface area (Å²) in [7, 11) is -1.67. The second-order valence-corrected chi connectivity index (χ2v) is 11.8. The second-order valence-electron chi connectivity index (χ2n) is 7.60. The Morgan fingerprint density at radius 2 is 1.81 bits per heavy atom. The molecule has 0 amide bonds. The summed E-state index contributed by atoms with van der Waals surface area (Å²) in [6.07, 6.45) is 1.65. The highest BCUT2D eigenvalue weighted by molar-refractivity contribution is 6.71. The minimum absolute atomic E-state index is 0.0408. The van der Waals surface area contributed by atoms with Crippen LogP contribution in [0.1, 0.15) is 20.8 Å². The maximum atomic E-state index is 11.9. The molecule has 1 unspecified atom stereocenters. The molecule has 7 heteroatoms. The van der Waals surface area contributed by atoms with Gasteiger partial charge in [-0.2, -0.15) is 4.98 Å². The van der Waals surface area contributed by atoms with Gasteiger partial charge in [-0.25, -0.2) is 4.79 Å². The number of ether oxygens (including phenoxy) is 1. The van der Waals surface area contributed by atoms with E-state index in [0.717, 1.165) is 11.8 Å². The fraction of sp³-hybridized carbons (Fsp3) is 0.474. The van der Waals surface area contributed by atoms with Crippen LogP contribution < -0.4 is 16.2 Å². The van der Waals surface area contributed by atoms with Gasteiger partial charge in [0.1, 0.15) is 18.2 Å². The quantitative estimate of drug-likeness (QED) is 0.715. The summed E-state index contributed by atoms with van der Waals surface area (Å²) in [5, 5.41) is 0. The van der Waals surface area contributed by atoms with Crippen LogP contribution in [0.5, 0.6) is 5.75 Å². The van der Waals surface area contributed by atoms with E-state index in [-0.39, 0.29) is 11.9 Å². The van der Waals surface area contributed by atoms with Crippen LogP contribution in [0.4, 0.5) is 5.82 Å². The summed E-state index contributed by atoms with van der Waals surface area (Å²) >= 11 is 0. The van der Waals surface area contributed by atoms with Gasteiger partial charge in [-0.3, -0.25) is 4.57 Å². The molecule has 0 bridgehead atoms. The van der Waals surface area contributed by atoms with Crippen molar-refractivity contribution in [2.75, 3.05) is 12.3 Å². The number of hydrogen-bond donors (Lipinski definition) is 1. The van der Waals surface area contributed by atoms with Gasteiger partial charge < -0.3 is 14.9 Å². The standard InChI is InChI=1S/C19H29N3O3Si/c1-14(2)13-26(4,5)25-15(3)12-24-17-8-6-16(7-9-17)22-11-10-18(20)21-19(22)23/h6-11,14-15H,12-13H2,1-5H3,(H2,20,21,23). The van der Waals surface area contributed by atoms with Crippen molar-refractivity contribution in [2.24, 2.45) is 5.92 Å². The Bertz CT molecular complexity index is 772. The fourth-order valence-corrected chi connectivity index (χ4v) is 6.36. The first-order valence-electron chi connectivity index (χ1n) is 8.92. The van der Waals surface area contributed by atoms with Gasteiger partial charge in [-0.15, -0.1) is 0 Å². The summed E-state index contributed by atoms with van der Waals surface area (Å²) in [5.41, 5.74) is 5.82. The molecule has 1 heterocycles. The SMILES string of the molecule is CC(C)C[Si](C)(C)OC(C)COc1ccc(-n2ccc(N)nc2=O)cc1. The van der Waals surface area contributed by atoms with Gasteiger partial charge in [-0.05, 0) is 62.3 Å². The Balaban J connectivity index is 1.94. The van der Waals surface area contributed by atoms with Gasteiger partial charge in [0.05, 0.1) is 11.8 Å². The Labute approximate surface area is 156 Å². The molecule has 0 saturated heterocycles. The maximum Gasteiger partial charge on any atom is 0.354 e. The van der Waals surface area contributed by atoms with E-state index in [1.807, 2.05) is 31.2 Å². The van der Waals surface area contributed by atoms with E-state index in [1.54, 1.807) is 12.3 Å². The van der Waals surface area contributed by atoms with Crippen molar-refractivity contribution < 1.29 is 9.16 Å². The van der Waals surface area contributed by atoms with Crippen LogP contribution in [-0.4, -0.2) is 30.6 Å². The van der Waals surface area contributed by atoms with Crippen molar-refractivity contribution in [3.05, 3.63) is 47.0 Å². The molecule has 1 aromatic heterocycles. The van der Waals surface area contributed by atoms with E-state index in [2.05, 4.69) is 31.9 Å². The van der Waals surface area contributed by atoms with Crippen molar-refractivity contribution in [3.63, 3.8) is 0 Å². The number of hydrogen-bond acceptors (Lipinski definition) is 5. The zero-order chi connectivity index (χ0) is 19.3. The lowest BCUT2D eigenvalue weighted by Crippen LogP contribution is -2.37. The average molecular weight is 376 g/mol. The molecule has 1 aromatic carbocycles. The summed E-state index contributed by atoms with van der Waals surface area (Å²) in [5.74, 6) is 1.59. The van der Waals surface area contributed by atoms with Crippen LogP contribution >= 0.6 is 0 Å². The predicted octanol–water partition coefficient (Wildman–Crippen LogP) is 3.46. The van der Waals surface area contributed by atoms with Gasteiger partial charge in [0.25, 0.3) is 0 Å². The van der Waals surface area contributed by atoms with Crippen molar-refractivity contribution >= 4 is 14.1 Å². The average Bonchev–Trinajstić information content (AvgIpc) is 2.52. The number of nitrogens with two attached hydrogens (primary N) is 1. The lowest BCUT2D eigenvalue weighted by molar-refractivity contribution is 0.134. The molecule has 2 aromatic rings. The number of nitrogens with zero attached hydrogens (tertiary/aromatic N) is 2. The van der Waals surface area contributed by atoms with Gasteiger partial charge in [-0.1, -0.05) is 13.8 Å². The zero-order valence-electron chi connectivity index (χ0n) is 16.2. The van der Waals surface area contributed by atoms with E-state index in [1.165, 1.54) is 4.57 Å². The molecule has 0 radical (unpaired) electrons. The summed E-state index contributed by atoms with van der Waals surface area (Å²) in [4.78, 5) is 15.6. The number of nitrogen functional groups attached to an aromatic ring is 1. The van der Waals surface area contributed by atoms with Crippen LogP contribution in [-0.2, 0) is 4.43 Å². The van der Waals surface area contributed by atoms with Crippen LogP contribution in [0.2, 0.25) is 19.1 Å². The Morgan fingerprint density at radius 1 is 1.15 bits per heavy atom. The first kappa shape index (κ1) is 20.2. The molecule has 0 aliphatic rings. The van der Waals surface area contributed by atoms with Crippen molar-refractivity contribution in [1.82, 2.24) is 9.55 Å². The molecular weight excluding hydrogens is 346 g/mol. The molecule has 1 atom stereocenters. The van der Waals surface area contributed by atoms with Crippen LogP contribution in [0.25, 0.3) is 5.69 Å². The lowest BCUT2D eigenvalue weighted by Gasteiger charge is -2.28.